The molecule has 2 aliphatic rings. The molecule has 15 heteroatoms. The summed E-state index contributed by atoms with van der Waals surface area (Å²) < 4.78 is 55.9. The van der Waals surface area contributed by atoms with Gasteiger partial charge in [-0.3, -0.25) is 15.0 Å². The highest BCUT2D eigenvalue weighted by atomic mass is 35.5. The van der Waals surface area contributed by atoms with Gasteiger partial charge in [0.25, 0.3) is 0 Å². The summed E-state index contributed by atoms with van der Waals surface area (Å²) in [5.41, 5.74) is 4.37. The second-order valence-electron chi connectivity index (χ2n) is 8.04. The maximum absolute atomic E-state index is 13.3. The highest BCUT2D eigenvalue weighted by molar-refractivity contribution is 6.30. The van der Waals surface area contributed by atoms with Gasteiger partial charge in [-0.2, -0.15) is 13.2 Å². The van der Waals surface area contributed by atoms with Crippen LogP contribution in [0.5, 0.6) is 0 Å². The zero-order chi connectivity index (χ0) is 25.4. The first kappa shape index (κ1) is 27.3. The minimum atomic E-state index is -4.76. The largest absolute Gasteiger partial charge is 0.403 e. The molecule has 3 heterocycles. The van der Waals surface area contributed by atoms with E-state index in [0.717, 1.165) is 0 Å². The van der Waals surface area contributed by atoms with E-state index in [1.807, 2.05) is 10.3 Å². The van der Waals surface area contributed by atoms with Crippen molar-refractivity contribution >= 4 is 29.4 Å². The number of hydrazine groups is 1. The molecule has 2 N–H and O–H groups in total. The van der Waals surface area contributed by atoms with E-state index in [4.69, 9.17) is 25.8 Å². The first-order chi connectivity index (χ1) is 16.7. The van der Waals surface area contributed by atoms with Crippen molar-refractivity contribution in [3.63, 3.8) is 0 Å². The Kier molecular flexibility index (Phi) is 9.86. The van der Waals surface area contributed by atoms with Crippen LogP contribution in [0.15, 0.2) is 12.4 Å². The molecular weight excluding hydrogens is 497 g/mol. The SMILES string of the molecule is COC[C@@H](COCCC(=O)N1CCN(c2ncc(Cl)cn2)CC1)OC1CNNC(=O)C1C(F)(F)F. The van der Waals surface area contributed by atoms with Gasteiger partial charge in [-0.05, 0) is 0 Å². The molecule has 0 bridgehead atoms. The molecule has 0 aromatic carbocycles. The maximum Gasteiger partial charge on any atom is 0.403 e. The summed E-state index contributed by atoms with van der Waals surface area (Å²) in [6.07, 6.45) is -3.90. The zero-order valence-electron chi connectivity index (χ0n) is 19.1. The van der Waals surface area contributed by atoms with Crippen LogP contribution in [0.2, 0.25) is 5.02 Å². The number of nitrogens with zero attached hydrogens (tertiary/aromatic N) is 4. The van der Waals surface area contributed by atoms with Gasteiger partial charge in [0, 0.05) is 39.8 Å². The minimum Gasteiger partial charge on any atom is -0.382 e. The molecule has 11 nitrogen and oxygen atoms in total. The summed E-state index contributed by atoms with van der Waals surface area (Å²) in [5.74, 6) is -3.07. The van der Waals surface area contributed by atoms with Crippen LogP contribution in [0.25, 0.3) is 0 Å². The van der Waals surface area contributed by atoms with E-state index in [-0.39, 0.29) is 38.7 Å². The van der Waals surface area contributed by atoms with Crippen LogP contribution in [-0.2, 0) is 23.8 Å². The van der Waals surface area contributed by atoms with Crippen LogP contribution in [0.1, 0.15) is 6.42 Å². The van der Waals surface area contributed by atoms with Gasteiger partial charge in [-0.15, -0.1) is 0 Å². The van der Waals surface area contributed by atoms with Crippen molar-refractivity contribution in [3.05, 3.63) is 17.4 Å². The molecule has 1 aromatic rings. The van der Waals surface area contributed by atoms with E-state index < -0.39 is 30.2 Å². The fourth-order valence-electron chi connectivity index (χ4n) is 3.81. The fourth-order valence-corrected chi connectivity index (χ4v) is 3.90. The number of rotatable bonds is 10. The molecule has 2 unspecified atom stereocenters. The number of piperazine rings is 1. The van der Waals surface area contributed by atoms with Crippen LogP contribution in [-0.4, -0.2) is 105 Å². The van der Waals surface area contributed by atoms with E-state index in [2.05, 4.69) is 15.4 Å². The topological polar surface area (TPSA) is 118 Å². The van der Waals surface area contributed by atoms with Crippen LogP contribution >= 0.6 is 11.6 Å². The van der Waals surface area contributed by atoms with Crippen molar-refractivity contribution in [2.75, 3.05) is 64.6 Å². The predicted octanol–water partition coefficient (Wildman–Crippen LogP) is 0.398. The molecule has 2 amide bonds. The number of alkyl halides is 3. The normalized spacial score (nSPS) is 22.1. The Balaban J connectivity index is 1.40. The van der Waals surface area contributed by atoms with Gasteiger partial charge in [-0.1, -0.05) is 11.6 Å². The van der Waals surface area contributed by atoms with Gasteiger partial charge in [0.1, 0.15) is 6.10 Å². The standard InChI is InChI=1S/C20H28ClF3N6O5/c1-33-11-14(35-15-10-27-28-18(32)17(15)20(22,23)24)12-34-7-2-16(31)29-3-5-30(6-4-29)19-25-8-13(21)9-26-19/h8-9,14-15,17,27H,2-7,10-12H2,1H3,(H,28,32)/t14-,15?,17?/m0/s1. The lowest BCUT2D eigenvalue weighted by atomic mass is 9.99. The Hall–Kier alpha value is -2.26. The highest BCUT2D eigenvalue weighted by Crippen LogP contribution is 2.32. The zero-order valence-corrected chi connectivity index (χ0v) is 19.8. The molecule has 0 aliphatic carbocycles. The van der Waals surface area contributed by atoms with Crippen LogP contribution in [0, 0.1) is 5.92 Å². The number of hydrogen-bond acceptors (Lipinski definition) is 9. The van der Waals surface area contributed by atoms with Gasteiger partial charge in [0.15, 0.2) is 5.92 Å². The van der Waals surface area contributed by atoms with E-state index >= 15 is 0 Å². The smallest absolute Gasteiger partial charge is 0.382 e. The van der Waals surface area contributed by atoms with Crippen LogP contribution in [0.3, 0.4) is 0 Å². The molecule has 0 radical (unpaired) electrons. The fraction of sp³-hybridized carbons (Fsp3) is 0.700. The lowest BCUT2D eigenvalue weighted by Gasteiger charge is -2.35. The van der Waals surface area contributed by atoms with Crippen molar-refractivity contribution in [2.45, 2.75) is 24.8 Å². The predicted molar refractivity (Wildman–Crippen MR) is 117 cm³/mol. The Morgan fingerprint density at radius 1 is 1.23 bits per heavy atom. The Morgan fingerprint density at radius 2 is 1.91 bits per heavy atom. The third kappa shape index (κ3) is 7.87. The number of methoxy groups -OCH3 is 1. The first-order valence-electron chi connectivity index (χ1n) is 11.0. The molecule has 3 rings (SSSR count). The van der Waals surface area contributed by atoms with Crippen LogP contribution < -0.4 is 15.8 Å². The number of nitrogens with one attached hydrogen (secondary N) is 2. The molecule has 1 aromatic heterocycles. The number of anilines is 1. The second-order valence-corrected chi connectivity index (χ2v) is 8.47. The molecule has 2 fully saturated rings. The van der Waals surface area contributed by atoms with E-state index in [1.165, 1.54) is 19.5 Å². The summed E-state index contributed by atoms with van der Waals surface area (Å²) in [7, 11) is 1.38. The third-order valence-corrected chi connectivity index (χ3v) is 5.72. The summed E-state index contributed by atoms with van der Waals surface area (Å²) in [6.45, 7) is 1.85. The second kappa shape index (κ2) is 12.6. The number of carbonyl (C=O) groups is 2. The average Bonchev–Trinajstić information content (AvgIpc) is 2.81. The number of aromatic nitrogens is 2. The molecule has 0 spiro atoms. The molecule has 196 valence electrons. The van der Waals surface area contributed by atoms with Crippen molar-refractivity contribution in [2.24, 2.45) is 5.92 Å². The monoisotopic (exact) mass is 524 g/mol. The summed E-state index contributed by atoms with van der Waals surface area (Å²) in [6, 6.07) is 0. The van der Waals surface area contributed by atoms with E-state index in [9.17, 15) is 22.8 Å². The Morgan fingerprint density at radius 3 is 2.54 bits per heavy atom. The summed E-state index contributed by atoms with van der Waals surface area (Å²) in [5, 5.41) is 0.446. The molecule has 0 saturated carbocycles. The van der Waals surface area contributed by atoms with Crippen molar-refractivity contribution < 1.29 is 37.0 Å². The maximum atomic E-state index is 13.3. The van der Waals surface area contributed by atoms with Crippen LogP contribution in [0.4, 0.5) is 19.1 Å². The van der Waals surface area contributed by atoms with Gasteiger partial charge in [-0.25, -0.2) is 15.4 Å². The number of carbonyl (C=O) groups excluding carboxylic acids is 2. The Labute approximate surface area is 205 Å². The number of halogens is 4. The van der Waals surface area contributed by atoms with Gasteiger partial charge >= 0.3 is 6.18 Å². The highest BCUT2D eigenvalue weighted by Gasteiger charge is 2.52. The Bertz CT molecular complexity index is 842. The molecular formula is C20H28ClF3N6O5. The number of ether oxygens (including phenoxy) is 3. The summed E-state index contributed by atoms with van der Waals surface area (Å²) in [4.78, 5) is 36.2. The van der Waals surface area contributed by atoms with Gasteiger partial charge in [0.05, 0.1) is 49.8 Å². The molecule has 2 aliphatic heterocycles. The average molecular weight is 525 g/mol. The third-order valence-electron chi connectivity index (χ3n) is 5.53. The summed E-state index contributed by atoms with van der Waals surface area (Å²) >= 11 is 5.80. The molecule has 35 heavy (non-hydrogen) atoms. The lowest BCUT2D eigenvalue weighted by molar-refractivity contribution is -0.223. The van der Waals surface area contributed by atoms with Crippen molar-refractivity contribution in [1.29, 1.82) is 0 Å². The van der Waals surface area contributed by atoms with Gasteiger partial charge in [0.2, 0.25) is 17.8 Å². The first-order valence-corrected chi connectivity index (χ1v) is 11.4. The minimum absolute atomic E-state index is 0.0363. The lowest BCUT2D eigenvalue weighted by Crippen LogP contribution is -2.61. The van der Waals surface area contributed by atoms with Crippen molar-refractivity contribution in [1.82, 2.24) is 25.7 Å². The number of hydrogen-bond donors (Lipinski definition) is 2. The van der Waals surface area contributed by atoms with Crippen molar-refractivity contribution in [3.8, 4) is 0 Å². The number of amides is 2. The molecule has 3 atom stereocenters. The van der Waals surface area contributed by atoms with E-state index in [1.54, 1.807) is 4.90 Å². The van der Waals surface area contributed by atoms with E-state index in [0.29, 0.717) is 37.1 Å². The molecule has 2 saturated heterocycles. The van der Waals surface area contributed by atoms with Gasteiger partial charge < -0.3 is 24.0 Å². The quantitative estimate of drug-likeness (QED) is 0.419.